The number of carbonyl (C=O) groups excluding carboxylic acids is 2. The average molecular weight is 441 g/mol. The van der Waals surface area contributed by atoms with E-state index in [0.29, 0.717) is 6.54 Å². The Hall–Kier alpha value is -3.46. The topological polar surface area (TPSA) is 105 Å². The highest BCUT2D eigenvalue weighted by atomic mass is 16.6. The number of nitrogens with zero attached hydrogens (tertiary/aromatic N) is 3. The molecule has 9 nitrogen and oxygen atoms in total. The summed E-state index contributed by atoms with van der Waals surface area (Å²) in [4.78, 5) is 39.9. The maximum atomic E-state index is 12.7. The normalized spacial score (nSPS) is 15.1. The van der Waals surface area contributed by atoms with E-state index >= 15 is 0 Å². The molecule has 0 saturated carbocycles. The van der Waals surface area contributed by atoms with Gasteiger partial charge < -0.3 is 15.0 Å². The summed E-state index contributed by atoms with van der Waals surface area (Å²) in [5, 5.41) is 14.1. The monoisotopic (exact) mass is 440 g/mol. The molecule has 1 saturated heterocycles. The Labute approximate surface area is 187 Å². The first-order valence-electron chi connectivity index (χ1n) is 10.7. The number of benzene rings is 2. The van der Waals surface area contributed by atoms with Crippen LogP contribution in [0.2, 0.25) is 0 Å². The molecule has 1 aliphatic heterocycles. The number of ether oxygens (including phenoxy) is 1. The van der Waals surface area contributed by atoms with Gasteiger partial charge in [-0.1, -0.05) is 18.2 Å². The maximum Gasteiger partial charge on any atom is 0.338 e. The second kappa shape index (κ2) is 10.7. The Morgan fingerprint density at radius 1 is 1.09 bits per heavy atom. The van der Waals surface area contributed by atoms with Gasteiger partial charge in [0, 0.05) is 62.1 Å². The summed E-state index contributed by atoms with van der Waals surface area (Å²) in [5.74, 6) is -1.16. The fourth-order valence-corrected chi connectivity index (χ4v) is 3.71. The predicted molar refractivity (Wildman–Crippen MR) is 121 cm³/mol. The molecule has 1 N–H and O–H groups in total. The van der Waals surface area contributed by atoms with Crippen molar-refractivity contribution in [1.82, 2.24) is 10.2 Å². The van der Waals surface area contributed by atoms with E-state index in [1.807, 2.05) is 25.1 Å². The van der Waals surface area contributed by atoms with Crippen LogP contribution in [0.15, 0.2) is 48.5 Å². The van der Waals surface area contributed by atoms with Crippen LogP contribution in [0.5, 0.6) is 0 Å². The summed E-state index contributed by atoms with van der Waals surface area (Å²) >= 11 is 0. The van der Waals surface area contributed by atoms with Gasteiger partial charge in [-0.15, -0.1) is 0 Å². The summed E-state index contributed by atoms with van der Waals surface area (Å²) in [6.45, 7) is 7.75. The Morgan fingerprint density at radius 2 is 1.75 bits per heavy atom. The number of anilines is 1. The molecule has 1 unspecified atom stereocenters. The summed E-state index contributed by atoms with van der Waals surface area (Å²) in [5.41, 5.74) is 0.918. The first-order chi connectivity index (χ1) is 15.4. The molecular weight excluding hydrogens is 412 g/mol. The molecule has 0 aromatic heterocycles. The third kappa shape index (κ3) is 5.82. The molecule has 1 fully saturated rings. The number of esters is 1. The van der Waals surface area contributed by atoms with E-state index in [-0.39, 0.29) is 29.5 Å². The van der Waals surface area contributed by atoms with E-state index < -0.39 is 16.8 Å². The molecule has 0 radical (unpaired) electrons. The molecule has 1 amide bonds. The Bertz CT molecular complexity index is 958. The molecule has 1 aliphatic rings. The van der Waals surface area contributed by atoms with Crippen molar-refractivity contribution >= 4 is 23.3 Å². The van der Waals surface area contributed by atoms with Crippen molar-refractivity contribution in [3.8, 4) is 0 Å². The molecule has 3 rings (SSSR count). The van der Waals surface area contributed by atoms with E-state index in [1.54, 1.807) is 6.92 Å². The minimum atomic E-state index is -0.699. The van der Waals surface area contributed by atoms with Crippen molar-refractivity contribution in [3.63, 3.8) is 0 Å². The van der Waals surface area contributed by atoms with Gasteiger partial charge in [0.2, 0.25) is 0 Å². The zero-order valence-electron chi connectivity index (χ0n) is 18.3. The van der Waals surface area contributed by atoms with Crippen molar-refractivity contribution in [2.45, 2.75) is 19.9 Å². The predicted octanol–water partition coefficient (Wildman–Crippen LogP) is 2.71. The number of nitro groups is 1. The lowest BCUT2D eigenvalue weighted by molar-refractivity contribution is -0.384. The number of amides is 1. The largest absolute Gasteiger partial charge is 0.462 e. The second-order valence-corrected chi connectivity index (χ2v) is 7.66. The quantitative estimate of drug-likeness (QED) is 0.382. The van der Waals surface area contributed by atoms with Crippen LogP contribution in [0.4, 0.5) is 11.4 Å². The van der Waals surface area contributed by atoms with Crippen LogP contribution in [-0.4, -0.2) is 67.1 Å². The van der Waals surface area contributed by atoms with E-state index in [4.69, 9.17) is 4.74 Å². The van der Waals surface area contributed by atoms with E-state index in [1.165, 1.54) is 17.8 Å². The summed E-state index contributed by atoms with van der Waals surface area (Å²) in [7, 11) is 0. The van der Waals surface area contributed by atoms with Gasteiger partial charge >= 0.3 is 5.97 Å². The van der Waals surface area contributed by atoms with Crippen molar-refractivity contribution in [2.75, 3.05) is 44.2 Å². The van der Waals surface area contributed by atoms with Crippen LogP contribution >= 0.6 is 0 Å². The standard InChI is InChI=1S/C23H28N4O5/c1-3-32-23(29)19-13-18(14-21(15-19)27(30)31)22(28)24-16-17(2)25-9-11-26(12-10-25)20-7-5-4-6-8-20/h4-8,13-15,17H,3,9-12,16H2,1-2H3,(H,24,28). The van der Waals surface area contributed by atoms with Gasteiger partial charge in [-0.3, -0.25) is 19.8 Å². The molecule has 9 heteroatoms. The Morgan fingerprint density at radius 3 is 2.38 bits per heavy atom. The molecule has 1 atom stereocenters. The molecular formula is C23H28N4O5. The van der Waals surface area contributed by atoms with Crippen LogP contribution in [0, 0.1) is 10.1 Å². The minimum Gasteiger partial charge on any atom is -0.462 e. The van der Waals surface area contributed by atoms with Gasteiger partial charge in [-0.05, 0) is 32.0 Å². The molecule has 32 heavy (non-hydrogen) atoms. The Kier molecular flexibility index (Phi) is 7.77. The van der Waals surface area contributed by atoms with Gasteiger partial charge in [0.25, 0.3) is 11.6 Å². The summed E-state index contributed by atoms with van der Waals surface area (Å²) in [6.07, 6.45) is 0. The minimum absolute atomic E-state index is 0.0173. The molecule has 170 valence electrons. The number of hydrogen-bond donors (Lipinski definition) is 1. The Balaban J connectivity index is 1.58. The van der Waals surface area contributed by atoms with Crippen molar-refractivity contribution in [2.24, 2.45) is 0 Å². The van der Waals surface area contributed by atoms with Crippen molar-refractivity contribution in [3.05, 3.63) is 69.8 Å². The molecule has 1 heterocycles. The van der Waals surface area contributed by atoms with E-state index in [2.05, 4.69) is 27.2 Å². The summed E-state index contributed by atoms with van der Waals surface area (Å²) < 4.78 is 4.91. The SMILES string of the molecule is CCOC(=O)c1cc(C(=O)NCC(C)N2CCN(c3ccccc3)CC2)cc([N+](=O)[O-])c1. The van der Waals surface area contributed by atoms with Gasteiger partial charge in [-0.25, -0.2) is 4.79 Å². The molecule has 0 bridgehead atoms. The molecule has 2 aromatic carbocycles. The number of carbonyl (C=O) groups is 2. The fraction of sp³-hybridized carbons (Fsp3) is 0.391. The molecule has 2 aromatic rings. The first-order valence-corrected chi connectivity index (χ1v) is 10.7. The third-order valence-electron chi connectivity index (χ3n) is 5.52. The smallest absolute Gasteiger partial charge is 0.338 e. The zero-order chi connectivity index (χ0) is 23.1. The highest BCUT2D eigenvalue weighted by Crippen LogP contribution is 2.19. The number of hydrogen-bond acceptors (Lipinski definition) is 7. The lowest BCUT2D eigenvalue weighted by Gasteiger charge is -2.39. The van der Waals surface area contributed by atoms with Crippen LogP contribution < -0.4 is 10.2 Å². The van der Waals surface area contributed by atoms with Gasteiger partial charge in [0.15, 0.2) is 0 Å². The van der Waals surface area contributed by atoms with Crippen LogP contribution in [0.3, 0.4) is 0 Å². The lowest BCUT2D eigenvalue weighted by Crippen LogP contribution is -2.52. The lowest BCUT2D eigenvalue weighted by atomic mass is 10.1. The van der Waals surface area contributed by atoms with Gasteiger partial charge in [0.05, 0.1) is 17.1 Å². The number of rotatable bonds is 8. The van der Waals surface area contributed by atoms with Crippen LogP contribution in [0.25, 0.3) is 0 Å². The number of non-ortho nitro benzene ring substituents is 1. The highest BCUT2D eigenvalue weighted by molar-refractivity contribution is 5.99. The highest BCUT2D eigenvalue weighted by Gasteiger charge is 2.23. The number of piperazine rings is 1. The van der Waals surface area contributed by atoms with Crippen molar-refractivity contribution < 1.29 is 19.2 Å². The second-order valence-electron chi connectivity index (χ2n) is 7.66. The zero-order valence-corrected chi connectivity index (χ0v) is 18.3. The van der Waals surface area contributed by atoms with E-state index in [9.17, 15) is 19.7 Å². The maximum absolute atomic E-state index is 12.7. The number of para-hydroxylation sites is 1. The van der Waals surface area contributed by atoms with Crippen LogP contribution in [0.1, 0.15) is 34.6 Å². The average Bonchev–Trinajstić information content (AvgIpc) is 2.82. The fourth-order valence-electron chi connectivity index (χ4n) is 3.71. The number of nitro benzene ring substituents is 1. The number of nitrogens with one attached hydrogen (secondary N) is 1. The van der Waals surface area contributed by atoms with Crippen LogP contribution in [-0.2, 0) is 4.74 Å². The summed E-state index contributed by atoms with van der Waals surface area (Å²) in [6, 6.07) is 14.0. The van der Waals surface area contributed by atoms with Gasteiger partial charge in [0.1, 0.15) is 0 Å². The third-order valence-corrected chi connectivity index (χ3v) is 5.52. The van der Waals surface area contributed by atoms with Gasteiger partial charge in [-0.2, -0.15) is 0 Å². The molecule has 0 spiro atoms. The van der Waals surface area contributed by atoms with E-state index in [0.717, 1.165) is 32.2 Å². The van der Waals surface area contributed by atoms with Crippen molar-refractivity contribution in [1.29, 1.82) is 0 Å². The first kappa shape index (κ1) is 23.2. The molecule has 0 aliphatic carbocycles.